The lowest BCUT2D eigenvalue weighted by atomic mass is 10.1. The first-order valence-corrected chi connectivity index (χ1v) is 7.51. The Labute approximate surface area is 109 Å². The van der Waals surface area contributed by atoms with Gasteiger partial charge in [-0.1, -0.05) is 6.07 Å². The number of fused-ring (bicyclic) bond motifs is 1. The molecule has 1 saturated carbocycles. The van der Waals surface area contributed by atoms with Crippen LogP contribution in [0.1, 0.15) is 36.8 Å². The van der Waals surface area contributed by atoms with Crippen molar-refractivity contribution in [2.24, 2.45) is 0 Å². The quantitative estimate of drug-likeness (QED) is 0.877. The number of rotatable bonds is 3. The molecule has 0 bridgehead atoms. The van der Waals surface area contributed by atoms with Crippen LogP contribution in [-0.4, -0.2) is 30.1 Å². The van der Waals surface area contributed by atoms with Crippen molar-refractivity contribution < 1.29 is 0 Å². The van der Waals surface area contributed by atoms with E-state index in [0.717, 1.165) is 6.04 Å². The lowest BCUT2D eigenvalue weighted by molar-refractivity contribution is 0.326. The summed E-state index contributed by atoms with van der Waals surface area (Å²) < 4.78 is 0. The van der Waals surface area contributed by atoms with Crippen LogP contribution < -0.4 is 5.32 Å². The first kappa shape index (κ1) is 10.9. The summed E-state index contributed by atoms with van der Waals surface area (Å²) in [5.41, 5.74) is 4.50. The van der Waals surface area contributed by atoms with Gasteiger partial charge in [-0.3, -0.25) is 4.90 Å². The molecule has 1 unspecified atom stereocenters. The third-order valence-corrected chi connectivity index (χ3v) is 4.75. The number of benzene rings is 1. The van der Waals surface area contributed by atoms with E-state index >= 15 is 0 Å². The second-order valence-corrected chi connectivity index (χ2v) is 6.19. The van der Waals surface area contributed by atoms with Crippen molar-refractivity contribution in [3.63, 3.8) is 0 Å². The minimum atomic E-state index is 0.671. The summed E-state index contributed by atoms with van der Waals surface area (Å²) in [7, 11) is 0. The van der Waals surface area contributed by atoms with Gasteiger partial charge in [-0.15, -0.1) is 0 Å². The molecule has 3 aliphatic rings. The van der Waals surface area contributed by atoms with E-state index in [4.69, 9.17) is 0 Å². The molecular weight excluding hydrogens is 220 g/mol. The first-order chi connectivity index (χ1) is 8.88. The maximum Gasteiger partial charge on any atom is 0.0400 e. The molecule has 2 nitrogen and oxygen atoms in total. The second kappa shape index (κ2) is 4.27. The highest BCUT2D eigenvalue weighted by Gasteiger charge is 2.34. The fourth-order valence-corrected chi connectivity index (χ4v) is 3.57. The number of likely N-dealkylation sites (tertiary alicyclic amines) is 1. The Morgan fingerprint density at radius 2 is 1.94 bits per heavy atom. The number of hydrogen-bond acceptors (Lipinski definition) is 2. The molecule has 4 rings (SSSR count). The van der Waals surface area contributed by atoms with Crippen LogP contribution in [0.25, 0.3) is 0 Å². The van der Waals surface area contributed by atoms with Crippen LogP contribution in [-0.2, 0) is 12.8 Å². The van der Waals surface area contributed by atoms with E-state index in [2.05, 4.69) is 28.4 Å². The van der Waals surface area contributed by atoms with E-state index in [0.29, 0.717) is 6.04 Å². The molecule has 1 aromatic carbocycles. The molecule has 2 heteroatoms. The Morgan fingerprint density at radius 1 is 1.06 bits per heavy atom. The van der Waals surface area contributed by atoms with E-state index in [1.54, 1.807) is 11.1 Å². The molecule has 1 N–H and O–H groups in total. The minimum Gasteiger partial charge on any atom is -0.381 e. The summed E-state index contributed by atoms with van der Waals surface area (Å²) in [6.07, 6.45) is 8.10. The molecule has 1 atom stereocenters. The van der Waals surface area contributed by atoms with Gasteiger partial charge in [0, 0.05) is 30.9 Å². The Balaban J connectivity index is 1.42. The molecular formula is C16H22N2. The second-order valence-electron chi connectivity index (χ2n) is 6.19. The van der Waals surface area contributed by atoms with Crippen LogP contribution in [0.2, 0.25) is 0 Å². The molecule has 1 aromatic rings. The third-order valence-electron chi connectivity index (χ3n) is 4.75. The molecule has 0 amide bonds. The van der Waals surface area contributed by atoms with Crippen molar-refractivity contribution >= 4 is 5.69 Å². The highest BCUT2D eigenvalue weighted by Crippen LogP contribution is 2.31. The number of anilines is 1. The van der Waals surface area contributed by atoms with E-state index < -0.39 is 0 Å². The van der Waals surface area contributed by atoms with Crippen LogP contribution >= 0.6 is 0 Å². The summed E-state index contributed by atoms with van der Waals surface area (Å²) in [4.78, 5) is 2.67. The SMILES string of the molecule is c1cc2c(cc1NC1CCN(C3CC3)C1)CCC2. The largest absolute Gasteiger partial charge is 0.381 e. The summed E-state index contributed by atoms with van der Waals surface area (Å²) in [6.45, 7) is 2.55. The van der Waals surface area contributed by atoms with E-state index in [1.165, 1.54) is 57.3 Å². The summed E-state index contributed by atoms with van der Waals surface area (Å²) in [5.74, 6) is 0. The normalized spacial score (nSPS) is 27.4. The Hall–Kier alpha value is -1.02. The zero-order valence-electron chi connectivity index (χ0n) is 11.0. The van der Waals surface area contributed by atoms with Gasteiger partial charge in [0.25, 0.3) is 0 Å². The molecule has 0 radical (unpaired) electrons. The van der Waals surface area contributed by atoms with Gasteiger partial charge >= 0.3 is 0 Å². The predicted octanol–water partition coefficient (Wildman–Crippen LogP) is 2.82. The monoisotopic (exact) mass is 242 g/mol. The first-order valence-electron chi connectivity index (χ1n) is 7.51. The van der Waals surface area contributed by atoms with E-state index in [-0.39, 0.29) is 0 Å². The Bertz CT molecular complexity index is 450. The van der Waals surface area contributed by atoms with Gasteiger partial charge in [-0.25, -0.2) is 0 Å². The van der Waals surface area contributed by atoms with Gasteiger partial charge in [-0.2, -0.15) is 0 Å². The number of nitrogens with one attached hydrogen (secondary N) is 1. The van der Waals surface area contributed by atoms with Gasteiger partial charge in [0.15, 0.2) is 0 Å². The summed E-state index contributed by atoms with van der Waals surface area (Å²) in [6, 6.07) is 8.60. The maximum atomic E-state index is 3.74. The zero-order chi connectivity index (χ0) is 11.9. The number of nitrogens with zero attached hydrogens (tertiary/aromatic N) is 1. The molecule has 18 heavy (non-hydrogen) atoms. The van der Waals surface area contributed by atoms with Gasteiger partial charge in [-0.05, 0) is 61.8 Å². The molecule has 1 saturated heterocycles. The van der Waals surface area contributed by atoms with Crippen LogP contribution in [0.5, 0.6) is 0 Å². The molecule has 2 aliphatic carbocycles. The average Bonchev–Trinajstić information content (AvgIpc) is 2.95. The van der Waals surface area contributed by atoms with Crippen molar-refractivity contribution in [1.82, 2.24) is 4.90 Å². The minimum absolute atomic E-state index is 0.671. The van der Waals surface area contributed by atoms with Gasteiger partial charge in [0.1, 0.15) is 0 Å². The topological polar surface area (TPSA) is 15.3 Å². The third kappa shape index (κ3) is 2.03. The number of aryl methyl sites for hydroxylation is 2. The molecule has 1 aliphatic heterocycles. The zero-order valence-corrected chi connectivity index (χ0v) is 11.0. The molecule has 0 aromatic heterocycles. The fourth-order valence-electron chi connectivity index (χ4n) is 3.57. The van der Waals surface area contributed by atoms with Crippen molar-refractivity contribution in [3.05, 3.63) is 29.3 Å². The lowest BCUT2D eigenvalue weighted by Gasteiger charge is -2.17. The van der Waals surface area contributed by atoms with Crippen LogP contribution in [0, 0.1) is 0 Å². The van der Waals surface area contributed by atoms with Crippen molar-refractivity contribution in [2.45, 2.75) is 50.6 Å². The van der Waals surface area contributed by atoms with Crippen LogP contribution in [0.4, 0.5) is 5.69 Å². The van der Waals surface area contributed by atoms with Crippen molar-refractivity contribution in [1.29, 1.82) is 0 Å². The average molecular weight is 242 g/mol. The molecule has 1 heterocycles. The lowest BCUT2D eigenvalue weighted by Crippen LogP contribution is -2.27. The van der Waals surface area contributed by atoms with Crippen molar-refractivity contribution in [3.8, 4) is 0 Å². The van der Waals surface area contributed by atoms with Gasteiger partial charge < -0.3 is 5.32 Å². The smallest absolute Gasteiger partial charge is 0.0400 e. The van der Waals surface area contributed by atoms with Gasteiger partial charge in [0.2, 0.25) is 0 Å². The fraction of sp³-hybridized carbons (Fsp3) is 0.625. The Morgan fingerprint density at radius 3 is 2.83 bits per heavy atom. The number of hydrogen-bond donors (Lipinski definition) is 1. The van der Waals surface area contributed by atoms with Crippen molar-refractivity contribution in [2.75, 3.05) is 18.4 Å². The summed E-state index contributed by atoms with van der Waals surface area (Å²) in [5, 5.41) is 3.74. The highest BCUT2D eigenvalue weighted by molar-refractivity contribution is 5.50. The van der Waals surface area contributed by atoms with E-state index in [1.807, 2.05) is 0 Å². The van der Waals surface area contributed by atoms with Crippen LogP contribution in [0.3, 0.4) is 0 Å². The predicted molar refractivity (Wildman–Crippen MR) is 75.1 cm³/mol. The molecule has 0 spiro atoms. The summed E-state index contributed by atoms with van der Waals surface area (Å²) >= 11 is 0. The Kier molecular flexibility index (Phi) is 2.58. The maximum absolute atomic E-state index is 3.74. The standard InChI is InChI=1S/C16H22N2/c1-2-12-4-5-14(10-13(12)3-1)17-15-8-9-18(11-15)16-6-7-16/h4-5,10,15-17H,1-3,6-9,11H2. The highest BCUT2D eigenvalue weighted by atomic mass is 15.2. The molecule has 2 fully saturated rings. The van der Waals surface area contributed by atoms with Crippen LogP contribution in [0.15, 0.2) is 18.2 Å². The molecule has 96 valence electrons. The van der Waals surface area contributed by atoms with Gasteiger partial charge in [0.05, 0.1) is 0 Å². The van der Waals surface area contributed by atoms with E-state index in [9.17, 15) is 0 Å².